The van der Waals surface area contributed by atoms with Crippen LogP contribution in [-0.2, 0) is 54.4 Å². The molecule has 2 aromatic rings. The number of rotatable bonds is 17. The van der Waals surface area contributed by atoms with Crippen molar-refractivity contribution in [2.45, 2.75) is 210 Å². The summed E-state index contributed by atoms with van der Waals surface area (Å²) in [5.41, 5.74) is -1.33. The number of sulfonamides is 1. The number of hydrogen-bond acceptors (Lipinski definition) is 19. The summed E-state index contributed by atoms with van der Waals surface area (Å²) in [4.78, 5) is 18.4. The SMILES string of the molecule is CC[C@H]1OC(=O)[C@H](C)[C@@H](O[C@H]2C[C@@](C)(OC)[C@@H](O)[C@H](C)O2)[C@H](C)[C@@H](O[C@@H]2O[C@H](C)C[C@H](N(C)CCc3cn([C@@H](CF)[C@H](OC)c4ccc(C5=CCN(S(C)(=O)=O)CC5)cc4)nn3)[C@H]2O)[C@](C)(O)C[C@@H](C)CN(C)[C@H](C)[C@@H](O)[C@]1(C)O. The second-order valence-corrected chi connectivity index (χ2v) is 26.2. The number of ether oxygens (including phenoxy) is 7. The molecule has 6 rings (SSSR count). The number of aromatic nitrogens is 3. The van der Waals surface area contributed by atoms with E-state index in [1.54, 1.807) is 54.7 Å². The fraction of sp³-hybridized carbons (Fsp3) is 0.807. The van der Waals surface area contributed by atoms with Gasteiger partial charge in [-0.3, -0.25) is 4.79 Å². The zero-order chi connectivity index (χ0) is 59.4. The van der Waals surface area contributed by atoms with Crippen LogP contribution >= 0.6 is 0 Å². The van der Waals surface area contributed by atoms with Gasteiger partial charge < -0.3 is 68.5 Å². The van der Waals surface area contributed by atoms with E-state index >= 15 is 4.39 Å². The molecule has 3 fully saturated rings. The van der Waals surface area contributed by atoms with Crippen molar-refractivity contribution >= 4 is 21.6 Å². The molecule has 0 aliphatic carbocycles. The van der Waals surface area contributed by atoms with E-state index in [0.29, 0.717) is 51.1 Å². The van der Waals surface area contributed by atoms with Crippen molar-refractivity contribution in [1.82, 2.24) is 29.1 Å². The predicted octanol–water partition coefficient (Wildman–Crippen LogP) is 4.05. The Labute approximate surface area is 474 Å². The van der Waals surface area contributed by atoms with Crippen molar-refractivity contribution in [3.63, 3.8) is 0 Å². The van der Waals surface area contributed by atoms with Gasteiger partial charge in [0.15, 0.2) is 12.6 Å². The first kappa shape index (κ1) is 66.0. The maximum atomic E-state index is 15.0. The molecule has 1 aromatic carbocycles. The molecule has 4 aliphatic rings. The molecule has 80 heavy (non-hydrogen) atoms. The highest BCUT2D eigenvalue weighted by Crippen LogP contribution is 2.41. The lowest BCUT2D eigenvalue weighted by Crippen LogP contribution is -2.61. The number of cyclic esters (lactones) is 1. The Bertz CT molecular complexity index is 2450. The average molecular weight is 1160 g/mol. The molecule has 0 saturated carbocycles. The van der Waals surface area contributed by atoms with Crippen LogP contribution in [0.2, 0.25) is 0 Å². The first-order valence-corrected chi connectivity index (χ1v) is 30.3. The lowest BCUT2D eigenvalue weighted by Gasteiger charge is -2.49. The van der Waals surface area contributed by atoms with Gasteiger partial charge >= 0.3 is 5.97 Å². The molecule has 5 N–H and O–H groups in total. The first-order chi connectivity index (χ1) is 37.4. The minimum atomic E-state index is -3.29. The molecule has 0 unspecified atom stereocenters. The van der Waals surface area contributed by atoms with E-state index in [2.05, 4.69) is 10.3 Å². The highest BCUT2D eigenvalue weighted by Gasteiger charge is 2.53. The molecule has 23 heteroatoms. The number of hydrogen-bond donors (Lipinski definition) is 5. The number of halogens is 1. The molecule has 5 heterocycles. The van der Waals surface area contributed by atoms with E-state index in [1.807, 2.05) is 68.1 Å². The second-order valence-electron chi connectivity index (χ2n) is 24.2. The summed E-state index contributed by atoms with van der Waals surface area (Å²) in [5, 5.41) is 68.7. The highest BCUT2D eigenvalue weighted by molar-refractivity contribution is 7.88. The number of benzene rings is 1. The minimum absolute atomic E-state index is 0.0739. The fourth-order valence-corrected chi connectivity index (χ4v) is 13.4. The van der Waals surface area contributed by atoms with Crippen LogP contribution in [0.4, 0.5) is 4.39 Å². The zero-order valence-corrected chi connectivity index (χ0v) is 50.7. The van der Waals surface area contributed by atoms with Crippen LogP contribution in [0.15, 0.2) is 36.5 Å². The molecule has 0 bridgehead atoms. The Hall–Kier alpha value is -3.11. The van der Waals surface area contributed by atoms with E-state index in [-0.39, 0.29) is 25.2 Å². The van der Waals surface area contributed by atoms with Gasteiger partial charge in [0, 0.05) is 77.4 Å². The van der Waals surface area contributed by atoms with Crippen LogP contribution in [0.25, 0.3) is 5.57 Å². The van der Waals surface area contributed by atoms with Crippen molar-refractivity contribution in [3.05, 3.63) is 53.4 Å². The lowest BCUT2D eigenvalue weighted by molar-refractivity contribution is -0.318. The predicted molar refractivity (Wildman–Crippen MR) is 297 cm³/mol. The summed E-state index contributed by atoms with van der Waals surface area (Å²) in [6.07, 6.45) is -4.59. The zero-order valence-electron chi connectivity index (χ0n) is 49.8. The Morgan fingerprint density at radius 1 is 0.975 bits per heavy atom. The normalized spacial score (nSPS) is 38.8. The van der Waals surface area contributed by atoms with Gasteiger partial charge in [0.25, 0.3) is 0 Å². The molecule has 3 saturated heterocycles. The van der Waals surface area contributed by atoms with Crippen molar-refractivity contribution in [1.29, 1.82) is 0 Å². The molecule has 21 nitrogen and oxygen atoms in total. The first-order valence-electron chi connectivity index (χ1n) is 28.4. The molecular weight excluding hydrogens is 1060 g/mol. The van der Waals surface area contributed by atoms with Crippen molar-refractivity contribution in [2.24, 2.45) is 17.8 Å². The lowest BCUT2D eigenvalue weighted by atomic mass is 9.77. The fourth-order valence-electron chi connectivity index (χ4n) is 12.6. The number of carbonyl (C=O) groups is 1. The van der Waals surface area contributed by atoms with Crippen LogP contribution < -0.4 is 0 Å². The highest BCUT2D eigenvalue weighted by atomic mass is 32.2. The van der Waals surface area contributed by atoms with E-state index in [0.717, 1.165) is 16.7 Å². The third-order valence-corrected chi connectivity index (χ3v) is 19.0. The van der Waals surface area contributed by atoms with Gasteiger partial charge in [-0.05, 0) is 111 Å². The minimum Gasteiger partial charge on any atom is -0.459 e. The van der Waals surface area contributed by atoms with Crippen LogP contribution in [0.1, 0.15) is 130 Å². The summed E-state index contributed by atoms with van der Waals surface area (Å²) in [5.74, 6) is -2.93. The van der Waals surface area contributed by atoms with Crippen molar-refractivity contribution in [3.8, 4) is 0 Å². The summed E-state index contributed by atoms with van der Waals surface area (Å²) in [7, 11) is 3.42. The number of alkyl halides is 1. The molecule has 20 atom stereocenters. The quantitative estimate of drug-likeness (QED) is 0.140. The summed E-state index contributed by atoms with van der Waals surface area (Å²) < 4.78 is 86.2. The standard InChI is InChI=1S/C57H95FN6O15S/c1-16-45-57(10,70)50(66)37(6)62(12)31-33(2)28-55(8,69)52(35(4)48(36(5)53(68)77-45)78-46-29-56(9,74-14)51(67)38(7)76-46)79-54-47(65)43(27-34(3)75-54)61(11)24-23-42-32-64(60-59-42)44(30-58)49(73-13)41-19-17-39(18-20-41)40-21-25-63(26-22-40)80(15,71)72/h17-21,32-38,43-52,54,65-67,69-70H,16,22-31H2,1-15H3/t33-,34-,35+,36-,37-,38+,43+,44+,45-,46+,47-,48+,49-,50-,51+,52-,54+,55-,56-,57-/m1/s1. The Balaban J connectivity index is 1.23. The molecule has 0 amide bonds. The molecule has 0 spiro atoms. The Kier molecular flexibility index (Phi) is 22.5. The van der Waals surface area contributed by atoms with E-state index < -0.39 is 137 Å². The molecule has 0 radical (unpaired) electrons. The number of nitrogens with zero attached hydrogens (tertiary/aromatic N) is 6. The third kappa shape index (κ3) is 15.2. The smallest absolute Gasteiger partial charge is 0.311 e. The average Bonchev–Trinajstić information content (AvgIpc) is 3.92. The van der Waals surface area contributed by atoms with Gasteiger partial charge in [-0.1, -0.05) is 56.3 Å². The second kappa shape index (κ2) is 27.3. The van der Waals surface area contributed by atoms with Gasteiger partial charge in [0.1, 0.15) is 48.8 Å². The van der Waals surface area contributed by atoms with E-state index in [1.165, 1.54) is 36.4 Å². The molecule has 4 aliphatic heterocycles. The number of methoxy groups -OCH3 is 2. The monoisotopic (exact) mass is 1150 g/mol. The molecular formula is C57H95FN6O15S. The number of carbonyl (C=O) groups excluding carboxylic acids is 1. The van der Waals surface area contributed by atoms with Crippen LogP contribution in [-0.4, -0.2) is 227 Å². The topological polar surface area (TPSA) is 257 Å². The van der Waals surface area contributed by atoms with Gasteiger partial charge in [-0.25, -0.2) is 17.5 Å². The Morgan fingerprint density at radius 2 is 1.65 bits per heavy atom. The van der Waals surface area contributed by atoms with Crippen LogP contribution in [0.5, 0.6) is 0 Å². The van der Waals surface area contributed by atoms with Gasteiger partial charge in [0.05, 0.1) is 53.5 Å². The summed E-state index contributed by atoms with van der Waals surface area (Å²) in [6.45, 7) is 18.1. The molecule has 1 aromatic heterocycles. The maximum Gasteiger partial charge on any atom is 0.311 e. The maximum absolute atomic E-state index is 15.0. The van der Waals surface area contributed by atoms with Crippen LogP contribution in [0.3, 0.4) is 0 Å². The van der Waals surface area contributed by atoms with Crippen molar-refractivity contribution in [2.75, 3.05) is 67.4 Å². The number of esters is 1. The van der Waals surface area contributed by atoms with Gasteiger partial charge in [0.2, 0.25) is 10.0 Å². The summed E-state index contributed by atoms with van der Waals surface area (Å²) in [6, 6.07) is 5.67. The number of aliphatic hydroxyl groups is 5. The largest absolute Gasteiger partial charge is 0.459 e. The number of likely N-dealkylation sites (N-methyl/N-ethyl adjacent to an activating group) is 2. The number of aliphatic hydroxyl groups excluding tert-OH is 3. The van der Waals surface area contributed by atoms with E-state index in [4.69, 9.17) is 33.2 Å². The van der Waals surface area contributed by atoms with Crippen LogP contribution in [0, 0.1) is 17.8 Å². The van der Waals surface area contributed by atoms with E-state index in [9.17, 15) is 38.7 Å². The van der Waals surface area contributed by atoms with Gasteiger partial charge in [-0.15, -0.1) is 5.10 Å². The third-order valence-electron chi connectivity index (χ3n) is 17.7. The summed E-state index contributed by atoms with van der Waals surface area (Å²) >= 11 is 0. The Morgan fingerprint density at radius 3 is 2.24 bits per heavy atom. The molecule has 456 valence electrons. The van der Waals surface area contributed by atoms with Gasteiger partial charge in [-0.2, -0.15) is 4.31 Å². The van der Waals surface area contributed by atoms with Crippen molar-refractivity contribution < 1.29 is 76.3 Å².